The average molecular weight is 314 g/mol. The Kier molecular flexibility index (Phi) is 5.04. The molecule has 0 bridgehead atoms. The lowest BCUT2D eigenvalue weighted by atomic mass is 9.87. The first kappa shape index (κ1) is 16.3. The van der Waals surface area contributed by atoms with Crippen molar-refractivity contribution in [2.24, 2.45) is 0 Å². The summed E-state index contributed by atoms with van der Waals surface area (Å²) in [5.41, 5.74) is 3.00. The van der Waals surface area contributed by atoms with Crippen LogP contribution >= 0.6 is 11.6 Å². The molecule has 114 valence electrons. The van der Waals surface area contributed by atoms with E-state index in [1.54, 1.807) is 18.2 Å². The molecule has 1 N–H and O–H groups in total. The van der Waals surface area contributed by atoms with Crippen molar-refractivity contribution in [1.82, 2.24) is 0 Å². The highest BCUT2D eigenvalue weighted by Crippen LogP contribution is 2.23. The van der Waals surface area contributed by atoms with Gasteiger partial charge >= 0.3 is 0 Å². The van der Waals surface area contributed by atoms with E-state index in [1.165, 1.54) is 11.6 Å². The molecule has 0 radical (unpaired) electrons. The Labute approximate surface area is 136 Å². The third kappa shape index (κ3) is 4.47. The third-order valence-corrected chi connectivity index (χ3v) is 3.67. The monoisotopic (exact) mass is 313 g/mol. The fourth-order valence-corrected chi connectivity index (χ4v) is 2.19. The highest BCUT2D eigenvalue weighted by Gasteiger charge is 2.12. The van der Waals surface area contributed by atoms with Crippen molar-refractivity contribution in [3.63, 3.8) is 0 Å². The molecule has 2 nitrogen and oxygen atoms in total. The summed E-state index contributed by atoms with van der Waals surface area (Å²) in [5, 5.41) is 3.29. The van der Waals surface area contributed by atoms with Gasteiger partial charge in [0, 0.05) is 6.08 Å². The average Bonchev–Trinajstić information content (AvgIpc) is 2.47. The number of anilines is 1. The number of hydrogen-bond donors (Lipinski definition) is 1. The van der Waals surface area contributed by atoms with Gasteiger partial charge in [0.25, 0.3) is 0 Å². The molecule has 0 aromatic heterocycles. The molecule has 0 fully saturated rings. The van der Waals surface area contributed by atoms with Gasteiger partial charge in [-0.3, -0.25) is 4.79 Å². The molecule has 0 saturated carbocycles. The molecule has 0 heterocycles. The summed E-state index contributed by atoms with van der Waals surface area (Å²) in [6.07, 6.45) is 3.30. The molecular formula is C19H20ClNO. The minimum absolute atomic E-state index is 0.129. The maximum absolute atomic E-state index is 11.9. The van der Waals surface area contributed by atoms with Crippen LogP contribution < -0.4 is 5.32 Å². The minimum Gasteiger partial charge on any atom is -0.321 e. The van der Waals surface area contributed by atoms with Crippen LogP contribution in [0.5, 0.6) is 0 Å². The van der Waals surface area contributed by atoms with Gasteiger partial charge in [0.05, 0.1) is 10.7 Å². The van der Waals surface area contributed by atoms with Crippen molar-refractivity contribution in [2.45, 2.75) is 26.2 Å². The predicted octanol–water partition coefficient (Wildman–Crippen LogP) is 5.29. The second-order valence-electron chi connectivity index (χ2n) is 6.17. The summed E-state index contributed by atoms with van der Waals surface area (Å²) >= 11 is 6.01. The Bertz CT molecular complexity index is 681. The van der Waals surface area contributed by atoms with E-state index in [0.29, 0.717) is 10.7 Å². The van der Waals surface area contributed by atoms with Gasteiger partial charge in [-0.05, 0) is 34.8 Å². The lowest BCUT2D eigenvalue weighted by molar-refractivity contribution is -0.111. The lowest BCUT2D eigenvalue weighted by Crippen LogP contribution is -2.10. The highest BCUT2D eigenvalue weighted by atomic mass is 35.5. The van der Waals surface area contributed by atoms with Gasteiger partial charge in [0.15, 0.2) is 0 Å². The number of benzene rings is 2. The molecule has 2 rings (SSSR count). The van der Waals surface area contributed by atoms with Crippen LogP contribution in [0.25, 0.3) is 6.08 Å². The van der Waals surface area contributed by atoms with Crippen molar-refractivity contribution in [2.75, 3.05) is 5.32 Å². The molecule has 2 aromatic carbocycles. The van der Waals surface area contributed by atoms with Crippen LogP contribution in [-0.4, -0.2) is 5.91 Å². The number of amides is 1. The minimum atomic E-state index is -0.201. The zero-order chi connectivity index (χ0) is 16.2. The van der Waals surface area contributed by atoms with Crippen molar-refractivity contribution in [3.8, 4) is 0 Å². The van der Waals surface area contributed by atoms with E-state index in [2.05, 4.69) is 38.2 Å². The standard InChI is InChI=1S/C19H20ClNO/c1-19(2,3)15-11-8-14(9-12-15)10-13-18(22)21-17-7-5-4-6-16(17)20/h4-13H,1-3H3,(H,21,22). The van der Waals surface area contributed by atoms with E-state index in [0.717, 1.165) is 5.56 Å². The molecule has 3 heteroatoms. The molecule has 0 atom stereocenters. The summed E-state index contributed by atoms with van der Waals surface area (Å²) in [6, 6.07) is 15.4. The molecule has 0 saturated heterocycles. The Morgan fingerprint density at radius 1 is 1.05 bits per heavy atom. The molecule has 1 amide bonds. The maximum atomic E-state index is 11.9. The van der Waals surface area contributed by atoms with E-state index in [9.17, 15) is 4.79 Å². The largest absolute Gasteiger partial charge is 0.321 e. The molecular weight excluding hydrogens is 294 g/mol. The Morgan fingerprint density at radius 2 is 1.68 bits per heavy atom. The topological polar surface area (TPSA) is 29.1 Å². The number of halogens is 1. The van der Waals surface area contributed by atoms with Crippen LogP contribution in [0.1, 0.15) is 31.9 Å². The smallest absolute Gasteiger partial charge is 0.248 e. The first-order valence-corrected chi connectivity index (χ1v) is 7.58. The van der Waals surface area contributed by atoms with Gasteiger partial charge in [-0.2, -0.15) is 0 Å². The van der Waals surface area contributed by atoms with Gasteiger partial charge in [0.2, 0.25) is 5.91 Å². The molecule has 0 spiro atoms. The first-order valence-electron chi connectivity index (χ1n) is 7.20. The molecule has 2 aromatic rings. The number of carbonyl (C=O) groups excluding carboxylic acids is 1. The summed E-state index contributed by atoms with van der Waals surface area (Å²) < 4.78 is 0. The number of nitrogens with one attached hydrogen (secondary N) is 1. The van der Waals surface area contributed by atoms with Crippen LogP contribution in [0.3, 0.4) is 0 Å². The van der Waals surface area contributed by atoms with E-state index < -0.39 is 0 Å². The molecule has 22 heavy (non-hydrogen) atoms. The Balaban J connectivity index is 2.02. The SMILES string of the molecule is CC(C)(C)c1ccc(C=CC(=O)Nc2ccccc2Cl)cc1. The van der Waals surface area contributed by atoms with Gasteiger partial charge in [-0.15, -0.1) is 0 Å². The van der Waals surface area contributed by atoms with Crippen LogP contribution in [0.2, 0.25) is 5.02 Å². The number of rotatable bonds is 3. The first-order chi connectivity index (χ1) is 10.4. The van der Waals surface area contributed by atoms with Crippen LogP contribution in [-0.2, 0) is 10.2 Å². The Hall–Kier alpha value is -2.06. The fourth-order valence-electron chi connectivity index (χ4n) is 2.00. The van der Waals surface area contributed by atoms with Crippen molar-refractivity contribution < 1.29 is 4.79 Å². The number of hydrogen-bond acceptors (Lipinski definition) is 1. The highest BCUT2D eigenvalue weighted by molar-refractivity contribution is 6.33. The fraction of sp³-hybridized carbons (Fsp3) is 0.211. The quantitative estimate of drug-likeness (QED) is 0.766. The molecule has 0 aliphatic carbocycles. The van der Waals surface area contributed by atoms with Gasteiger partial charge < -0.3 is 5.32 Å². The molecule has 0 unspecified atom stereocenters. The van der Waals surface area contributed by atoms with Crippen molar-refractivity contribution in [3.05, 3.63) is 70.8 Å². The molecule has 0 aliphatic rings. The predicted molar refractivity (Wildman–Crippen MR) is 94.3 cm³/mol. The van der Waals surface area contributed by atoms with Crippen molar-refractivity contribution in [1.29, 1.82) is 0 Å². The van der Waals surface area contributed by atoms with E-state index in [1.807, 2.05) is 24.3 Å². The normalized spacial score (nSPS) is 11.6. The lowest BCUT2D eigenvalue weighted by Gasteiger charge is -2.18. The van der Waals surface area contributed by atoms with Crippen LogP contribution in [0, 0.1) is 0 Å². The summed E-state index contributed by atoms with van der Waals surface area (Å²) in [5.74, 6) is -0.201. The van der Waals surface area contributed by atoms with Crippen LogP contribution in [0.15, 0.2) is 54.6 Å². The molecule has 0 aliphatic heterocycles. The van der Waals surface area contributed by atoms with Gasteiger partial charge in [0.1, 0.15) is 0 Å². The van der Waals surface area contributed by atoms with Crippen molar-refractivity contribution >= 4 is 29.3 Å². The second-order valence-corrected chi connectivity index (χ2v) is 6.58. The summed E-state index contributed by atoms with van der Waals surface area (Å²) in [7, 11) is 0. The van der Waals surface area contributed by atoms with Gasteiger partial charge in [-0.1, -0.05) is 68.8 Å². The summed E-state index contributed by atoms with van der Waals surface area (Å²) in [6.45, 7) is 6.53. The third-order valence-electron chi connectivity index (χ3n) is 3.34. The van der Waals surface area contributed by atoms with Gasteiger partial charge in [-0.25, -0.2) is 0 Å². The zero-order valence-electron chi connectivity index (χ0n) is 13.1. The van der Waals surface area contributed by atoms with Crippen LogP contribution in [0.4, 0.5) is 5.69 Å². The Morgan fingerprint density at radius 3 is 2.27 bits per heavy atom. The summed E-state index contributed by atoms with van der Waals surface area (Å²) in [4.78, 5) is 11.9. The van der Waals surface area contributed by atoms with E-state index in [4.69, 9.17) is 11.6 Å². The second kappa shape index (κ2) is 6.80. The van der Waals surface area contributed by atoms with E-state index >= 15 is 0 Å². The van der Waals surface area contributed by atoms with E-state index in [-0.39, 0.29) is 11.3 Å². The number of carbonyl (C=O) groups is 1. The zero-order valence-corrected chi connectivity index (χ0v) is 13.8. The maximum Gasteiger partial charge on any atom is 0.248 e. The number of para-hydroxylation sites is 1.